The molecule has 0 radical (unpaired) electrons. The van der Waals surface area contributed by atoms with Gasteiger partial charge in [-0.3, -0.25) is 4.79 Å². The molecule has 0 atom stereocenters. The van der Waals surface area contributed by atoms with Crippen molar-refractivity contribution in [3.63, 3.8) is 0 Å². The molecule has 2 rings (SSSR count). The minimum Gasteiger partial charge on any atom is -0.365 e. The summed E-state index contributed by atoms with van der Waals surface area (Å²) in [5.41, 5.74) is 0.597. The van der Waals surface area contributed by atoms with Crippen LogP contribution in [0.4, 0.5) is 11.5 Å². The predicted octanol–water partition coefficient (Wildman–Crippen LogP) is 3.63. The van der Waals surface area contributed by atoms with Gasteiger partial charge in [-0.15, -0.1) is 6.58 Å². The maximum absolute atomic E-state index is 12.1. The van der Waals surface area contributed by atoms with Gasteiger partial charge in [0.15, 0.2) is 0 Å². The van der Waals surface area contributed by atoms with E-state index < -0.39 is 5.91 Å². The van der Waals surface area contributed by atoms with E-state index in [0.29, 0.717) is 23.1 Å². The van der Waals surface area contributed by atoms with Crippen LogP contribution in [0.25, 0.3) is 0 Å². The van der Waals surface area contributed by atoms with Gasteiger partial charge in [-0.25, -0.2) is 9.97 Å². The molecule has 108 valence electrons. The predicted molar refractivity (Wildman–Crippen MR) is 85.1 cm³/mol. The first kappa shape index (κ1) is 15.3. The van der Waals surface area contributed by atoms with Crippen molar-refractivity contribution in [3.05, 3.63) is 59.0 Å². The lowest BCUT2D eigenvalue weighted by atomic mass is 10.3. The lowest BCUT2D eigenvalue weighted by molar-refractivity contribution is 0.102. The van der Waals surface area contributed by atoms with Crippen LogP contribution < -0.4 is 10.6 Å². The molecule has 0 bridgehead atoms. The van der Waals surface area contributed by atoms with Gasteiger partial charge in [-0.05, 0) is 12.1 Å². The van der Waals surface area contributed by atoms with Crippen LogP contribution in [0.2, 0.25) is 10.0 Å². The minimum absolute atomic E-state index is 0.176. The average Bonchev–Trinajstić information content (AvgIpc) is 2.50. The Kier molecular flexibility index (Phi) is 5.14. The highest BCUT2D eigenvalue weighted by atomic mass is 35.5. The second kappa shape index (κ2) is 7.06. The van der Waals surface area contributed by atoms with Crippen LogP contribution in [0, 0.1) is 0 Å². The molecule has 1 amide bonds. The van der Waals surface area contributed by atoms with E-state index >= 15 is 0 Å². The van der Waals surface area contributed by atoms with E-state index in [9.17, 15) is 4.79 Å². The molecule has 21 heavy (non-hydrogen) atoms. The van der Waals surface area contributed by atoms with E-state index in [0.717, 1.165) is 0 Å². The Balaban J connectivity index is 2.09. The van der Waals surface area contributed by atoms with Gasteiger partial charge in [0.2, 0.25) is 0 Å². The normalized spacial score (nSPS) is 10.0. The molecule has 0 aliphatic rings. The second-order valence-corrected chi connectivity index (χ2v) is 4.80. The highest BCUT2D eigenvalue weighted by molar-refractivity contribution is 6.44. The van der Waals surface area contributed by atoms with Crippen molar-refractivity contribution < 1.29 is 4.79 Å². The molecule has 0 saturated carbocycles. The monoisotopic (exact) mass is 322 g/mol. The number of nitrogens with zero attached hydrogens (tertiary/aromatic N) is 2. The summed E-state index contributed by atoms with van der Waals surface area (Å²) in [6, 6.07) is 4.98. The maximum Gasteiger partial charge on any atom is 0.275 e. The Hall–Kier alpha value is -2.11. The topological polar surface area (TPSA) is 66.9 Å². The number of halogens is 2. The molecule has 0 aliphatic carbocycles. The number of carbonyl (C=O) groups is 1. The van der Waals surface area contributed by atoms with Crippen LogP contribution in [0.15, 0.2) is 43.2 Å². The summed E-state index contributed by atoms with van der Waals surface area (Å²) in [5.74, 6) is 0.147. The minimum atomic E-state index is -0.415. The first-order chi connectivity index (χ1) is 10.1. The number of anilines is 2. The fraction of sp³-hybridized carbons (Fsp3) is 0.0714. The number of carbonyl (C=O) groups excluding carboxylic acids is 1. The summed E-state index contributed by atoms with van der Waals surface area (Å²) in [5, 5.41) is 6.25. The first-order valence-corrected chi connectivity index (χ1v) is 6.79. The zero-order chi connectivity index (χ0) is 15.2. The van der Waals surface area contributed by atoms with E-state index in [1.54, 1.807) is 24.3 Å². The Morgan fingerprint density at radius 1 is 1.29 bits per heavy atom. The Labute approximate surface area is 132 Å². The molecule has 0 aliphatic heterocycles. The fourth-order valence-corrected chi connectivity index (χ4v) is 1.85. The molecule has 1 aromatic heterocycles. The molecule has 5 nitrogen and oxygen atoms in total. The highest BCUT2D eigenvalue weighted by Gasteiger charge is 2.11. The molecule has 0 unspecified atom stereocenters. The summed E-state index contributed by atoms with van der Waals surface area (Å²) < 4.78 is 0. The number of amides is 1. The van der Waals surface area contributed by atoms with Crippen LogP contribution in [-0.2, 0) is 0 Å². The van der Waals surface area contributed by atoms with Crippen molar-refractivity contribution in [2.45, 2.75) is 0 Å². The van der Waals surface area contributed by atoms with Gasteiger partial charge in [-0.2, -0.15) is 0 Å². The fourth-order valence-electron chi connectivity index (χ4n) is 1.50. The Bertz CT molecular complexity index is 659. The third-order valence-corrected chi connectivity index (χ3v) is 3.33. The molecular formula is C14H12Cl2N4O. The average molecular weight is 323 g/mol. The number of rotatable bonds is 5. The van der Waals surface area contributed by atoms with Crippen LogP contribution >= 0.6 is 23.2 Å². The smallest absolute Gasteiger partial charge is 0.275 e. The largest absolute Gasteiger partial charge is 0.365 e. The molecule has 1 aromatic carbocycles. The van der Waals surface area contributed by atoms with Crippen molar-refractivity contribution in [1.82, 2.24) is 9.97 Å². The SMILES string of the molecule is C=CCNc1cnc(C(=O)Nc2cccc(Cl)c2Cl)cn1. The molecule has 7 heteroatoms. The van der Waals surface area contributed by atoms with E-state index in [1.807, 2.05) is 0 Å². The molecule has 0 fully saturated rings. The lowest BCUT2D eigenvalue weighted by Gasteiger charge is -2.08. The van der Waals surface area contributed by atoms with Gasteiger partial charge in [0, 0.05) is 6.54 Å². The zero-order valence-corrected chi connectivity index (χ0v) is 12.4. The van der Waals surface area contributed by atoms with Gasteiger partial charge < -0.3 is 10.6 Å². The van der Waals surface area contributed by atoms with Crippen LogP contribution in [0.3, 0.4) is 0 Å². The van der Waals surface area contributed by atoms with Gasteiger partial charge in [-0.1, -0.05) is 35.3 Å². The highest BCUT2D eigenvalue weighted by Crippen LogP contribution is 2.29. The molecule has 0 saturated heterocycles. The third-order valence-electron chi connectivity index (χ3n) is 2.51. The zero-order valence-electron chi connectivity index (χ0n) is 10.9. The summed E-state index contributed by atoms with van der Waals surface area (Å²) in [6.07, 6.45) is 4.54. The van der Waals surface area contributed by atoms with E-state index in [2.05, 4.69) is 27.2 Å². The van der Waals surface area contributed by atoms with Crippen LogP contribution in [0.5, 0.6) is 0 Å². The van der Waals surface area contributed by atoms with Gasteiger partial charge in [0.05, 0.1) is 28.1 Å². The quantitative estimate of drug-likeness (QED) is 0.825. The molecular weight excluding hydrogens is 311 g/mol. The van der Waals surface area contributed by atoms with Crippen LogP contribution in [-0.4, -0.2) is 22.4 Å². The number of nitrogens with one attached hydrogen (secondary N) is 2. The molecule has 2 aromatic rings. The summed E-state index contributed by atoms with van der Waals surface area (Å²) in [6.45, 7) is 4.15. The lowest BCUT2D eigenvalue weighted by Crippen LogP contribution is -2.15. The second-order valence-electron chi connectivity index (χ2n) is 4.01. The number of hydrogen-bond donors (Lipinski definition) is 2. The van der Waals surface area contributed by atoms with Crippen molar-refractivity contribution in [2.75, 3.05) is 17.2 Å². The molecule has 1 heterocycles. The van der Waals surface area contributed by atoms with E-state index in [4.69, 9.17) is 23.2 Å². The molecule has 0 spiro atoms. The van der Waals surface area contributed by atoms with E-state index in [1.165, 1.54) is 12.4 Å². The van der Waals surface area contributed by atoms with Gasteiger partial charge in [0.25, 0.3) is 5.91 Å². The number of hydrogen-bond acceptors (Lipinski definition) is 4. The van der Waals surface area contributed by atoms with Crippen molar-refractivity contribution in [3.8, 4) is 0 Å². The van der Waals surface area contributed by atoms with Gasteiger partial charge in [0.1, 0.15) is 11.5 Å². The maximum atomic E-state index is 12.1. The number of aromatic nitrogens is 2. The number of benzene rings is 1. The summed E-state index contributed by atoms with van der Waals surface area (Å²) in [7, 11) is 0. The van der Waals surface area contributed by atoms with Crippen molar-refractivity contribution >= 4 is 40.6 Å². The van der Waals surface area contributed by atoms with E-state index in [-0.39, 0.29) is 10.7 Å². The van der Waals surface area contributed by atoms with Crippen molar-refractivity contribution in [2.24, 2.45) is 0 Å². The van der Waals surface area contributed by atoms with Gasteiger partial charge >= 0.3 is 0 Å². The van der Waals surface area contributed by atoms with Crippen LogP contribution in [0.1, 0.15) is 10.5 Å². The molecule has 2 N–H and O–H groups in total. The Morgan fingerprint density at radius 3 is 2.76 bits per heavy atom. The first-order valence-electron chi connectivity index (χ1n) is 6.04. The summed E-state index contributed by atoms with van der Waals surface area (Å²) >= 11 is 11.9. The summed E-state index contributed by atoms with van der Waals surface area (Å²) in [4.78, 5) is 20.2. The standard InChI is InChI=1S/C14H12Cl2N4O/c1-2-6-17-12-8-18-11(7-19-12)14(21)20-10-5-3-4-9(15)13(10)16/h2-5,7-8H,1,6H2,(H,17,19)(H,20,21). The Morgan fingerprint density at radius 2 is 2.10 bits per heavy atom. The third kappa shape index (κ3) is 3.93. The van der Waals surface area contributed by atoms with Crippen molar-refractivity contribution in [1.29, 1.82) is 0 Å².